The highest BCUT2D eigenvalue weighted by Crippen LogP contribution is 2.28. The number of nitrogens with two attached hydrogens (primary N) is 1. The molecule has 0 saturated carbocycles. The van der Waals surface area contributed by atoms with E-state index in [0.717, 1.165) is 10.6 Å². The molecule has 0 fully saturated rings. The molecule has 2 rings (SSSR count). The zero-order valence-electron chi connectivity index (χ0n) is 7.94. The SMILES string of the molecule is Nc1cc(F)ccc1SCc1ccsc1. The summed E-state index contributed by atoms with van der Waals surface area (Å²) in [5, 5.41) is 4.15. The zero-order valence-corrected chi connectivity index (χ0v) is 9.58. The van der Waals surface area contributed by atoms with Crippen molar-refractivity contribution in [2.24, 2.45) is 0 Å². The Morgan fingerprint density at radius 1 is 1.33 bits per heavy atom. The summed E-state index contributed by atoms with van der Waals surface area (Å²) < 4.78 is 12.8. The monoisotopic (exact) mass is 239 g/mol. The van der Waals surface area contributed by atoms with Crippen molar-refractivity contribution >= 4 is 28.8 Å². The van der Waals surface area contributed by atoms with Crippen LogP contribution in [0.1, 0.15) is 5.56 Å². The molecule has 0 radical (unpaired) electrons. The van der Waals surface area contributed by atoms with E-state index in [-0.39, 0.29) is 5.82 Å². The van der Waals surface area contributed by atoms with Crippen LogP contribution in [0.2, 0.25) is 0 Å². The molecule has 0 aliphatic heterocycles. The predicted molar refractivity (Wildman–Crippen MR) is 64.7 cm³/mol. The van der Waals surface area contributed by atoms with Gasteiger partial charge >= 0.3 is 0 Å². The highest BCUT2D eigenvalue weighted by molar-refractivity contribution is 7.98. The molecule has 0 bridgehead atoms. The Hall–Kier alpha value is -1.00. The van der Waals surface area contributed by atoms with Crippen molar-refractivity contribution in [3.63, 3.8) is 0 Å². The van der Waals surface area contributed by atoms with Crippen LogP contribution >= 0.6 is 23.1 Å². The summed E-state index contributed by atoms with van der Waals surface area (Å²) in [6.07, 6.45) is 0. The lowest BCUT2D eigenvalue weighted by atomic mass is 10.3. The summed E-state index contributed by atoms with van der Waals surface area (Å²) in [4.78, 5) is 0.933. The van der Waals surface area contributed by atoms with Crippen molar-refractivity contribution in [1.29, 1.82) is 0 Å². The molecule has 2 N–H and O–H groups in total. The minimum absolute atomic E-state index is 0.285. The van der Waals surface area contributed by atoms with Crippen LogP contribution in [0.5, 0.6) is 0 Å². The number of anilines is 1. The number of benzene rings is 1. The molecular weight excluding hydrogens is 229 g/mol. The summed E-state index contributed by atoms with van der Waals surface area (Å²) in [5.74, 6) is 0.590. The van der Waals surface area contributed by atoms with Gasteiger partial charge in [0.15, 0.2) is 0 Å². The van der Waals surface area contributed by atoms with Crippen molar-refractivity contribution in [2.45, 2.75) is 10.6 Å². The molecule has 1 heterocycles. The van der Waals surface area contributed by atoms with Crippen LogP contribution in [-0.2, 0) is 5.75 Å². The smallest absolute Gasteiger partial charge is 0.125 e. The second-order valence-electron chi connectivity index (χ2n) is 3.10. The third-order valence-electron chi connectivity index (χ3n) is 1.95. The van der Waals surface area contributed by atoms with Crippen LogP contribution < -0.4 is 5.73 Å². The molecule has 1 nitrogen and oxygen atoms in total. The van der Waals surface area contributed by atoms with Crippen LogP contribution in [0.25, 0.3) is 0 Å². The molecule has 0 amide bonds. The molecule has 1 aromatic heterocycles. The molecule has 0 aliphatic rings. The summed E-state index contributed by atoms with van der Waals surface area (Å²) in [5.41, 5.74) is 7.48. The minimum atomic E-state index is -0.285. The largest absolute Gasteiger partial charge is 0.398 e. The average molecular weight is 239 g/mol. The van der Waals surface area contributed by atoms with Gasteiger partial charge in [-0.05, 0) is 40.6 Å². The lowest BCUT2D eigenvalue weighted by Crippen LogP contribution is -1.89. The number of thioether (sulfide) groups is 1. The van der Waals surface area contributed by atoms with Crippen LogP contribution in [0.3, 0.4) is 0 Å². The van der Waals surface area contributed by atoms with Crippen molar-refractivity contribution < 1.29 is 4.39 Å². The van der Waals surface area contributed by atoms with E-state index in [9.17, 15) is 4.39 Å². The summed E-state index contributed by atoms with van der Waals surface area (Å²) in [7, 11) is 0. The zero-order chi connectivity index (χ0) is 10.7. The van der Waals surface area contributed by atoms with Crippen molar-refractivity contribution in [3.8, 4) is 0 Å². The Kier molecular flexibility index (Phi) is 3.28. The first-order chi connectivity index (χ1) is 7.25. The fourth-order valence-electron chi connectivity index (χ4n) is 1.19. The molecule has 15 heavy (non-hydrogen) atoms. The second kappa shape index (κ2) is 4.68. The fraction of sp³-hybridized carbons (Fsp3) is 0.0909. The van der Waals surface area contributed by atoms with E-state index in [0.29, 0.717) is 5.69 Å². The van der Waals surface area contributed by atoms with E-state index in [1.165, 1.54) is 17.7 Å². The summed E-state index contributed by atoms with van der Waals surface area (Å²) >= 11 is 3.31. The third-order valence-corrected chi connectivity index (χ3v) is 3.84. The van der Waals surface area contributed by atoms with Gasteiger partial charge in [0.2, 0.25) is 0 Å². The Labute approximate surface area is 96.1 Å². The average Bonchev–Trinajstić information content (AvgIpc) is 2.69. The van der Waals surface area contributed by atoms with Gasteiger partial charge in [-0.1, -0.05) is 0 Å². The van der Waals surface area contributed by atoms with E-state index >= 15 is 0 Å². The first kappa shape index (κ1) is 10.5. The molecule has 0 saturated heterocycles. The number of hydrogen-bond donors (Lipinski definition) is 1. The van der Waals surface area contributed by atoms with Crippen LogP contribution in [-0.4, -0.2) is 0 Å². The first-order valence-corrected chi connectivity index (χ1v) is 6.37. The maximum Gasteiger partial charge on any atom is 0.125 e. The minimum Gasteiger partial charge on any atom is -0.398 e. The number of hydrogen-bond acceptors (Lipinski definition) is 3. The van der Waals surface area contributed by atoms with E-state index < -0.39 is 0 Å². The van der Waals surface area contributed by atoms with Crippen molar-refractivity contribution in [2.75, 3.05) is 5.73 Å². The Morgan fingerprint density at radius 3 is 2.87 bits per heavy atom. The lowest BCUT2D eigenvalue weighted by molar-refractivity contribution is 0.627. The van der Waals surface area contributed by atoms with Crippen LogP contribution in [0.4, 0.5) is 10.1 Å². The number of rotatable bonds is 3. The van der Waals surface area contributed by atoms with Crippen molar-refractivity contribution in [1.82, 2.24) is 0 Å². The predicted octanol–water partition coefficient (Wildman–Crippen LogP) is 3.76. The van der Waals surface area contributed by atoms with Gasteiger partial charge < -0.3 is 5.73 Å². The van der Waals surface area contributed by atoms with Gasteiger partial charge in [-0.3, -0.25) is 0 Å². The molecule has 78 valence electrons. The summed E-state index contributed by atoms with van der Waals surface area (Å²) in [6.45, 7) is 0. The second-order valence-corrected chi connectivity index (χ2v) is 4.90. The number of halogens is 1. The highest BCUT2D eigenvalue weighted by Gasteiger charge is 2.02. The topological polar surface area (TPSA) is 26.0 Å². The van der Waals surface area contributed by atoms with E-state index in [4.69, 9.17) is 5.73 Å². The Bertz CT molecular complexity index is 440. The number of thiophene rings is 1. The van der Waals surface area contributed by atoms with Gasteiger partial charge in [0, 0.05) is 16.3 Å². The first-order valence-electron chi connectivity index (χ1n) is 4.44. The Morgan fingerprint density at radius 2 is 2.20 bits per heavy atom. The van der Waals surface area contributed by atoms with Crippen LogP contribution in [0.15, 0.2) is 39.9 Å². The maximum atomic E-state index is 12.8. The van der Waals surface area contributed by atoms with Gasteiger partial charge in [-0.2, -0.15) is 11.3 Å². The number of nitrogen functional groups attached to an aromatic ring is 1. The molecule has 2 aromatic rings. The standard InChI is InChI=1S/C11H10FNS2/c12-9-1-2-11(10(13)5-9)15-7-8-3-4-14-6-8/h1-6H,7,13H2. The van der Waals surface area contributed by atoms with E-state index in [1.807, 2.05) is 5.38 Å². The third kappa shape index (κ3) is 2.73. The molecular formula is C11H10FNS2. The fourth-order valence-corrected chi connectivity index (χ4v) is 2.85. The molecule has 0 spiro atoms. The molecule has 1 aromatic carbocycles. The van der Waals surface area contributed by atoms with Gasteiger partial charge in [0.1, 0.15) is 5.82 Å². The van der Waals surface area contributed by atoms with Gasteiger partial charge in [-0.15, -0.1) is 11.8 Å². The van der Waals surface area contributed by atoms with E-state index in [1.54, 1.807) is 29.2 Å². The molecule has 0 aliphatic carbocycles. The maximum absolute atomic E-state index is 12.8. The van der Waals surface area contributed by atoms with Gasteiger partial charge in [-0.25, -0.2) is 4.39 Å². The normalized spacial score (nSPS) is 10.5. The quantitative estimate of drug-likeness (QED) is 0.652. The van der Waals surface area contributed by atoms with Crippen molar-refractivity contribution in [3.05, 3.63) is 46.4 Å². The van der Waals surface area contributed by atoms with Gasteiger partial charge in [0.05, 0.1) is 0 Å². The molecule has 0 atom stereocenters. The van der Waals surface area contributed by atoms with E-state index in [2.05, 4.69) is 11.4 Å². The van der Waals surface area contributed by atoms with Gasteiger partial charge in [0.25, 0.3) is 0 Å². The lowest BCUT2D eigenvalue weighted by Gasteiger charge is -2.04. The summed E-state index contributed by atoms with van der Waals surface area (Å²) in [6, 6.07) is 6.60. The molecule has 0 unspecified atom stereocenters. The Balaban J connectivity index is 2.05. The van der Waals surface area contributed by atoms with Crippen LogP contribution in [0, 0.1) is 5.82 Å². The molecule has 4 heteroatoms. The highest BCUT2D eigenvalue weighted by atomic mass is 32.2.